The van der Waals surface area contributed by atoms with E-state index in [0.29, 0.717) is 30.9 Å². The minimum absolute atomic E-state index is 0.143. The minimum Gasteiger partial charge on any atom is -0.507 e. The highest BCUT2D eigenvalue weighted by Gasteiger charge is 2.46. The summed E-state index contributed by atoms with van der Waals surface area (Å²) in [6.07, 6.45) is 0.460. The first-order valence-electron chi connectivity index (χ1n) is 11.7. The molecular formula is C29H28FNO5. The van der Waals surface area contributed by atoms with Gasteiger partial charge in [-0.1, -0.05) is 42.5 Å². The number of carbonyl (C=O) groups is 2. The molecular weight excluding hydrogens is 461 g/mol. The van der Waals surface area contributed by atoms with Gasteiger partial charge in [0.25, 0.3) is 11.7 Å². The highest BCUT2D eigenvalue weighted by Crippen LogP contribution is 2.40. The van der Waals surface area contributed by atoms with Gasteiger partial charge >= 0.3 is 0 Å². The van der Waals surface area contributed by atoms with Gasteiger partial charge in [0.2, 0.25) is 0 Å². The van der Waals surface area contributed by atoms with Crippen LogP contribution in [0.15, 0.2) is 78.4 Å². The number of aliphatic hydroxyl groups excluding tert-OH is 1. The maximum atomic E-state index is 14.8. The Morgan fingerprint density at radius 2 is 1.69 bits per heavy atom. The Bertz CT molecular complexity index is 1280. The Morgan fingerprint density at radius 1 is 1.00 bits per heavy atom. The van der Waals surface area contributed by atoms with Crippen molar-refractivity contribution in [3.8, 4) is 5.75 Å². The molecule has 0 bridgehead atoms. The molecule has 1 aliphatic heterocycles. The molecule has 1 heterocycles. The SMILES string of the molecule is COCCCN1C(=O)C(=O)/C(=C(/O)c2ccc(OCc3ccccc3C)cc2)C1c1ccccc1F. The Kier molecular flexibility index (Phi) is 7.80. The van der Waals surface area contributed by atoms with Crippen molar-refractivity contribution >= 4 is 17.4 Å². The summed E-state index contributed by atoms with van der Waals surface area (Å²) < 4.78 is 25.7. The Morgan fingerprint density at radius 3 is 2.39 bits per heavy atom. The second kappa shape index (κ2) is 11.2. The molecule has 1 fully saturated rings. The number of Topliss-reactive ketones (excluding diaryl/α,β-unsaturated/α-hetero) is 1. The van der Waals surface area contributed by atoms with Gasteiger partial charge in [-0.15, -0.1) is 0 Å². The number of halogens is 1. The average molecular weight is 490 g/mol. The lowest BCUT2D eigenvalue weighted by atomic mass is 9.95. The quantitative estimate of drug-likeness (QED) is 0.194. The number of benzene rings is 3. The Hall–Kier alpha value is -3.97. The summed E-state index contributed by atoms with van der Waals surface area (Å²) in [6.45, 7) is 2.95. The van der Waals surface area contributed by atoms with Gasteiger partial charge in [-0.2, -0.15) is 0 Å². The van der Waals surface area contributed by atoms with E-state index in [2.05, 4.69) is 0 Å². The lowest BCUT2D eigenvalue weighted by Crippen LogP contribution is -2.31. The molecule has 1 saturated heterocycles. The molecule has 186 valence electrons. The zero-order valence-electron chi connectivity index (χ0n) is 20.2. The number of aliphatic hydroxyl groups is 1. The molecule has 1 aliphatic rings. The summed E-state index contributed by atoms with van der Waals surface area (Å²) in [6, 6.07) is 19.4. The number of hydrogen-bond acceptors (Lipinski definition) is 5. The third-order valence-corrected chi connectivity index (χ3v) is 6.27. The van der Waals surface area contributed by atoms with Crippen LogP contribution in [0.1, 0.15) is 34.7 Å². The van der Waals surface area contributed by atoms with Gasteiger partial charge in [-0.05, 0) is 54.8 Å². The van der Waals surface area contributed by atoms with E-state index in [1.54, 1.807) is 30.3 Å². The number of methoxy groups -OCH3 is 1. The van der Waals surface area contributed by atoms with Crippen LogP contribution in [-0.4, -0.2) is 42.0 Å². The number of rotatable bonds is 9. The van der Waals surface area contributed by atoms with Crippen molar-refractivity contribution in [2.75, 3.05) is 20.3 Å². The van der Waals surface area contributed by atoms with Crippen molar-refractivity contribution in [3.05, 3.63) is 106 Å². The zero-order chi connectivity index (χ0) is 25.7. The number of amides is 1. The first kappa shape index (κ1) is 25.1. The number of hydrogen-bond donors (Lipinski definition) is 1. The van der Waals surface area contributed by atoms with E-state index in [9.17, 15) is 19.1 Å². The summed E-state index contributed by atoms with van der Waals surface area (Å²) in [5.74, 6) is -1.97. The minimum atomic E-state index is -1.04. The van der Waals surface area contributed by atoms with Crippen LogP contribution in [0.3, 0.4) is 0 Å². The molecule has 0 spiro atoms. The van der Waals surface area contributed by atoms with Crippen LogP contribution in [0, 0.1) is 12.7 Å². The third kappa shape index (κ3) is 5.16. The smallest absolute Gasteiger partial charge is 0.295 e. The lowest BCUT2D eigenvalue weighted by molar-refractivity contribution is -0.140. The van der Waals surface area contributed by atoms with E-state index in [1.807, 2.05) is 31.2 Å². The molecule has 1 N–H and O–H groups in total. The van der Waals surface area contributed by atoms with Crippen LogP contribution >= 0.6 is 0 Å². The molecule has 0 radical (unpaired) electrons. The molecule has 0 aliphatic carbocycles. The van der Waals surface area contributed by atoms with Crippen molar-refractivity contribution in [2.24, 2.45) is 0 Å². The lowest BCUT2D eigenvalue weighted by Gasteiger charge is -2.25. The standard InChI is InChI=1S/C29H28FNO5/c1-19-8-3-4-9-21(19)18-36-22-14-12-20(13-15-22)27(32)25-26(23-10-5-6-11-24(23)30)31(16-7-17-35-2)29(34)28(25)33/h3-6,8-15,26,32H,7,16-18H2,1-2H3/b27-25+. The van der Waals surface area contributed by atoms with Gasteiger partial charge in [-0.25, -0.2) is 4.39 Å². The maximum Gasteiger partial charge on any atom is 0.295 e. The Labute approximate surface area is 209 Å². The summed E-state index contributed by atoms with van der Waals surface area (Å²) in [7, 11) is 1.54. The number of nitrogens with zero attached hydrogens (tertiary/aromatic N) is 1. The van der Waals surface area contributed by atoms with Gasteiger partial charge in [-0.3, -0.25) is 9.59 Å². The highest BCUT2D eigenvalue weighted by atomic mass is 19.1. The molecule has 3 aromatic rings. The fourth-order valence-corrected chi connectivity index (χ4v) is 4.31. The average Bonchev–Trinajstić information content (AvgIpc) is 3.13. The van der Waals surface area contributed by atoms with E-state index in [-0.39, 0.29) is 23.4 Å². The first-order chi connectivity index (χ1) is 17.4. The van der Waals surface area contributed by atoms with E-state index in [4.69, 9.17) is 9.47 Å². The molecule has 6 nitrogen and oxygen atoms in total. The van der Waals surface area contributed by atoms with Gasteiger partial charge in [0.15, 0.2) is 0 Å². The summed E-state index contributed by atoms with van der Waals surface area (Å²) >= 11 is 0. The van der Waals surface area contributed by atoms with E-state index < -0.39 is 23.5 Å². The zero-order valence-corrected chi connectivity index (χ0v) is 20.2. The number of aryl methyl sites for hydroxylation is 1. The molecule has 1 unspecified atom stereocenters. The molecule has 4 rings (SSSR count). The van der Waals surface area contributed by atoms with Gasteiger partial charge < -0.3 is 19.5 Å². The van der Waals surface area contributed by atoms with E-state index in [1.165, 1.54) is 30.2 Å². The van der Waals surface area contributed by atoms with Gasteiger partial charge in [0.05, 0.1) is 11.6 Å². The first-order valence-corrected chi connectivity index (χ1v) is 11.7. The van der Waals surface area contributed by atoms with Crippen LogP contribution < -0.4 is 4.74 Å². The largest absolute Gasteiger partial charge is 0.507 e. The molecule has 0 saturated carbocycles. The van der Waals surface area contributed by atoms with Crippen LogP contribution in [0.5, 0.6) is 5.75 Å². The molecule has 1 atom stereocenters. The van der Waals surface area contributed by atoms with Crippen molar-refractivity contribution < 1.29 is 28.6 Å². The van der Waals surface area contributed by atoms with E-state index in [0.717, 1.165) is 11.1 Å². The summed E-state index contributed by atoms with van der Waals surface area (Å²) in [5, 5.41) is 11.1. The molecule has 3 aromatic carbocycles. The number of ketones is 1. The highest BCUT2D eigenvalue weighted by molar-refractivity contribution is 6.46. The normalized spacial score (nSPS) is 17.0. The number of ether oxygens (including phenoxy) is 2. The van der Waals surface area contributed by atoms with Gasteiger partial charge in [0, 0.05) is 31.4 Å². The van der Waals surface area contributed by atoms with Crippen molar-refractivity contribution in [3.63, 3.8) is 0 Å². The maximum absolute atomic E-state index is 14.8. The molecule has 0 aromatic heterocycles. The number of likely N-dealkylation sites (tertiary alicyclic amines) is 1. The van der Waals surface area contributed by atoms with Crippen molar-refractivity contribution in [1.82, 2.24) is 4.90 Å². The predicted octanol–water partition coefficient (Wildman–Crippen LogP) is 5.17. The fraction of sp³-hybridized carbons (Fsp3) is 0.241. The summed E-state index contributed by atoms with van der Waals surface area (Å²) in [5.41, 5.74) is 2.51. The molecule has 36 heavy (non-hydrogen) atoms. The predicted molar refractivity (Wildman–Crippen MR) is 134 cm³/mol. The Balaban J connectivity index is 1.65. The number of carbonyl (C=O) groups excluding carboxylic acids is 2. The van der Waals surface area contributed by atoms with Crippen LogP contribution in [0.25, 0.3) is 5.76 Å². The van der Waals surface area contributed by atoms with Crippen molar-refractivity contribution in [2.45, 2.75) is 26.0 Å². The van der Waals surface area contributed by atoms with Crippen LogP contribution in [0.4, 0.5) is 4.39 Å². The molecule has 1 amide bonds. The van der Waals surface area contributed by atoms with Crippen LogP contribution in [-0.2, 0) is 20.9 Å². The molecule has 7 heteroatoms. The summed E-state index contributed by atoms with van der Waals surface area (Å²) in [4.78, 5) is 27.2. The van der Waals surface area contributed by atoms with Crippen molar-refractivity contribution in [1.29, 1.82) is 0 Å². The van der Waals surface area contributed by atoms with E-state index >= 15 is 0 Å². The fourth-order valence-electron chi connectivity index (χ4n) is 4.31. The van der Waals surface area contributed by atoms with Crippen LogP contribution in [0.2, 0.25) is 0 Å². The second-order valence-corrected chi connectivity index (χ2v) is 8.60. The monoisotopic (exact) mass is 489 g/mol. The topological polar surface area (TPSA) is 76.1 Å². The van der Waals surface area contributed by atoms with Gasteiger partial charge in [0.1, 0.15) is 23.9 Å². The second-order valence-electron chi connectivity index (χ2n) is 8.60. The third-order valence-electron chi connectivity index (χ3n) is 6.27.